The quantitative estimate of drug-likeness (QED) is 0.598. The number of ether oxygens (including phenoxy) is 1. The number of anilines is 1. The van der Waals surface area contributed by atoms with Crippen LogP contribution >= 0.6 is 0 Å². The van der Waals surface area contributed by atoms with Gasteiger partial charge < -0.3 is 14.1 Å². The second kappa shape index (κ2) is 7.28. The highest BCUT2D eigenvalue weighted by Crippen LogP contribution is 2.45. The van der Waals surface area contributed by atoms with Crippen LogP contribution in [-0.2, 0) is 15.6 Å². The van der Waals surface area contributed by atoms with Crippen LogP contribution in [0.25, 0.3) is 0 Å². The molecular formula is C22H21NO4S. The number of methoxy groups -OCH3 is 1. The van der Waals surface area contributed by atoms with Crippen LogP contribution in [0.3, 0.4) is 0 Å². The Kier molecular flexibility index (Phi) is 4.81. The highest BCUT2D eigenvalue weighted by molar-refractivity contribution is 7.85. The largest absolute Gasteiger partial charge is 0.497 e. The fraction of sp³-hybridized carbons (Fsp3) is 0.227. The van der Waals surface area contributed by atoms with Gasteiger partial charge in [0, 0.05) is 10.6 Å². The van der Waals surface area contributed by atoms with Gasteiger partial charge in [0.1, 0.15) is 17.6 Å². The van der Waals surface area contributed by atoms with Gasteiger partial charge in [0.15, 0.2) is 0 Å². The Morgan fingerprint density at radius 3 is 2.36 bits per heavy atom. The molecule has 1 fully saturated rings. The molecule has 28 heavy (non-hydrogen) atoms. The lowest BCUT2D eigenvalue weighted by atomic mass is 9.86. The lowest BCUT2D eigenvalue weighted by Gasteiger charge is -2.44. The zero-order chi connectivity index (χ0) is 19.8. The van der Waals surface area contributed by atoms with Gasteiger partial charge in [-0.15, -0.1) is 0 Å². The van der Waals surface area contributed by atoms with E-state index in [1.165, 1.54) is 0 Å². The van der Waals surface area contributed by atoms with Crippen molar-refractivity contribution in [3.8, 4) is 5.75 Å². The molecular weight excluding hydrogens is 374 g/mol. The van der Waals surface area contributed by atoms with E-state index >= 15 is 0 Å². The van der Waals surface area contributed by atoms with Crippen molar-refractivity contribution >= 4 is 22.4 Å². The molecule has 3 aromatic rings. The van der Waals surface area contributed by atoms with E-state index in [2.05, 4.69) is 0 Å². The molecule has 1 saturated heterocycles. The Hall–Kier alpha value is -2.86. The second-order valence-electron chi connectivity index (χ2n) is 6.87. The zero-order valence-electron chi connectivity index (χ0n) is 15.9. The van der Waals surface area contributed by atoms with Gasteiger partial charge in [-0.05, 0) is 49.4 Å². The number of carbonyl (C=O) groups excluding carboxylic acids is 1. The number of aryl methyl sites for hydroxylation is 1. The van der Waals surface area contributed by atoms with Gasteiger partial charge >= 0.3 is 0 Å². The Labute approximate surface area is 166 Å². The van der Waals surface area contributed by atoms with Crippen LogP contribution in [-0.4, -0.2) is 17.2 Å². The Morgan fingerprint density at radius 2 is 1.71 bits per heavy atom. The summed E-state index contributed by atoms with van der Waals surface area (Å²) >= 11 is 0. The number of amides is 1. The number of carbonyl (C=O) groups is 1. The topological polar surface area (TPSA) is 59.8 Å². The minimum atomic E-state index is -1.38. The monoisotopic (exact) mass is 395 g/mol. The molecule has 0 N–H and O–H groups in total. The predicted octanol–water partition coefficient (Wildman–Crippen LogP) is 4.49. The van der Waals surface area contributed by atoms with Crippen molar-refractivity contribution < 1.29 is 18.2 Å². The van der Waals surface area contributed by atoms with Crippen molar-refractivity contribution in [1.29, 1.82) is 0 Å². The van der Waals surface area contributed by atoms with E-state index in [-0.39, 0.29) is 17.9 Å². The van der Waals surface area contributed by atoms with E-state index in [4.69, 9.17) is 9.15 Å². The lowest BCUT2D eigenvalue weighted by Crippen LogP contribution is -2.54. The van der Waals surface area contributed by atoms with Gasteiger partial charge in [0.25, 0.3) is 0 Å². The van der Waals surface area contributed by atoms with Crippen LogP contribution in [0.4, 0.5) is 5.69 Å². The SMILES string of the molecule is COc1ccc(N2C(=O)[C@@H](C)[C@@H]2c2occc2S(=O)c2ccc(C)cc2)cc1. The van der Waals surface area contributed by atoms with Crippen molar-refractivity contribution in [3.05, 3.63) is 72.2 Å². The van der Waals surface area contributed by atoms with E-state index in [1.807, 2.05) is 62.4 Å². The molecule has 6 heteroatoms. The first-order chi connectivity index (χ1) is 13.5. The maximum absolute atomic E-state index is 13.1. The van der Waals surface area contributed by atoms with E-state index in [0.717, 1.165) is 17.0 Å². The van der Waals surface area contributed by atoms with Crippen LogP contribution in [0.5, 0.6) is 5.75 Å². The van der Waals surface area contributed by atoms with Gasteiger partial charge in [-0.25, -0.2) is 4.21 Å². The lowest BCUT2D eigenvalue weighted by molar-refractivity contribution is -0.130. The summed E-state index contributed by atoms with van der Waals surface area (Å²) in [6.45, 7) is 3.86. The molecule has 0 radical (unpaired) electrons. The third kappa shape index (κ3) is 3.03. The van der Waals surface area contributed by atoms with Gasteiger partial charge in [0.05, 0.1) is 35.0 Å². The molecule has 0 spiro atoms. The summed E-state index contributed by atoms with van der Waals surface area (Å²) in [5.41, 5.74) is 1.87. The maximum Gasteiger partial charge on any atom is 0.233 e. The first-order valence-corrected chi connectivity index (χ1v) is 10.2. The zero-order valence-corrected chi connectivity index (χ0v) is 16.7. The summed E-state index contributed by atoms with van der Waals surface area (Å²) in [6, 6.07) is 16.3. The minimum Gasteiger partial charge on any atom is -0.497 e. The highest BCUT2D eigenvalue weighted by Gasteiger charge is 2.49. The standard InChI is InChI=1S/C22H21NO4S/c1-14-4-10-18(11-5-14)28(25)19-12-13-27-21(19)20-15(2)22(24)23(20)16-6-8-17(26-3)9-7-16/h4-13,15,20H,1-3H3/t15-,20+,28?/m0/s1. The molecule has 0 bridgehead atoms. The first kappa shape index (κ1) is 18.5. The summed E-state index contributed by atoms with van der Waals surface area (Å²) in [6.07, 6.45) is 1.54. The Bertz CT molecular complexity index is 1020. The van der Waals surface area contributed by atoms with Crippen LogP contribution in [0.15, 0.2) is 75.1 Å². The third-order valence-electron chi connectivity index (χ3n) is 5.09. The number of β-lactam (4-membered cyclic amide) rings is 1. The number of furan rings is 1. The van der Waals surface area contributed by atoms with Gasteiger partial charge in [-0.1, -0.05) is 24.6 Å². The van der Waals surface area contributed by atoms with E-state index in [9.17, 15) is 9.00 Å². The molecule has 1 aliphatic rings. The molecule has 144 valence electrons. The minimum absolute atomic E-state index is 0.0126. The van der Waals surface area contributed by atoms with Crippen molar-refractivity contribution in [2.45, 2.75) is 29.7 Å². The van der Waals surface area contributed by atoms with Crippen LogP contribution in [0, 0.1) is 12.8 Å². The Morgan fingerprint density at radius 1 is 1.04 bits per heavy atom. The van der Waals surface area contributed by atoms with E-state index in [0.29, 0.717) is 15.6 Å². The molecule has 4 rings (SSSR count). The fourth-order valence-corrected chi connectivity index (χ4v) is 4.64. The van der Waals surface area contributed by atoms with Gasteiger partial charge in [-0.3, -0.25) is 4.79 Å². The molecule has 2 heterocycles. The normalized spacial score (nSPS) is 20.0. The summed E-state index contributed by atoms with van der Waals surface area (Å²) in [7, 11) is 0.223. The smallest absolute Gasteiger partial charge is 0.233 e. The first-order valence-electron chi connectivity index (χ1n) is 9.04. The molecule has 5 nitrogen and oxygen atoms in total. The average Bonchev–Trinajstić information content (AvgIpc) is 3.20. The molecule has 0 aliphatic carbocycles. The van der Waals surface area contributed by atoms with Crippen molar-refractivity contribution in [2.75, 3.05) is 12.0 Å². The van der Waals surface area contributed by atoms with Gasteiger partial charge in [0.2, 0.25) is 5.91 Å². The molecule has 1 aliphatic heterocycles. The van der Waals surface area contributed by atoms with Crippen LogP contribution in [0.1, 0.15) is 24.3 Å². The maximum atomic E-state index is 13.1. The summed E-state index contributed by atoms with van der Waals surface area (Å²) < 4.78 is 24.1. The summed E-state index contributed by atoms with van der Waals surface area (Å²) in [5.74, 6) is 1.06. The molecule has 3 atom stereocenters. The molecule has 1 aromatic heterocycles. The molecule has 1 unspecified atom stereocenters. The number of rotatable bonds is 5. The summed E-state index contributed by atoms with van der Waals surface area (Å²) in [4.78, 5) is 15.6. The number of hydrogen-bond donors (Lipinski definition) is 0. The molecule has 1 amide bonds. The van der Waals surface area contributed by atoms with Gasteiger partial charge in [-0.2, -0.15) is 0 Å². The Balaban J connectivity index is 1.68. The number of benzene rings is 2. The molecule has 2 aromatic carbocycles. The van der Waals surface area contributed by atoms with E-state index < -0.39 is 10.8 Å². The van der Waals surface area contributed by atoms with E-state index in [1.54, 1.807) is 24.3 Å². The van der Waals surface area contributed by atoms with Crippen molar-refractivity contribution in [2.24, 2.45) is 5.92 Å². The summed E-state index contributed by atoms with van der Waals surface area (Å²) in [5, 5.41) is 0. The third-order valence-corrected chi connectivity index (χ3v) is 6.53. The second-order valence-corrected chi connectivity index (χ2v) is 8.32. The van der Waals surface area contributed by atoms with Crippen molar-refractivity contribution in [1.82, 2.24) is 0 Å². The number of nitrogens with zero attached hydrogens (tertiary/aromatic N) is 1. The predicted molar refractivity (Wildman–Crippen MR) is 107 cm³/mol. The number of hydrogen-bond acceptors (Lipinski definition) is 4. The molecule has 0 saturated carbocycles. The van der Waals surface area contributed by atoms with Crippen LogP contribution in [0.2, 0.25) is 0 Å². The average molecular weight is 395 g/mol. The fourth-order valence-electron chi connectivity index (χ4n) is 3.47. The highest BCUT2D eigenvalue weighted by atomic mass is 32.2. The van der Waals surface area contributed by atoms with Crippen molar-refractivity contribution in [3.63, 3.8) is 0 Å². The van der Waals surface area contributed by atoms with Crippen LogP contribution < -0.4 is 9.64 Å².